The summed E-state index contributed by atoms with van der Waals surface area (Å²) in [6.45, 7) is 0.686. The summed E-state index contributed by atoms with van der Waals surface area (Å²) >= 11 is 0. The minimum atomic E-state index is -1.28. The molecule has 1 heterocycles. The highest BCUT2D eigenvalue weighted by Crippen LogP contribution is 2.21. The Balaban J connectivity index is 2.74. The van der Waals surface area contributed by atoms with Gasteiger partial charge in [-0.05, 0) is 19.8 Å². The molecule has 0 aliphatic carbocycles. The Morgan fingerprint density at radius 3 is 2.16 bits per heavy atom. The second kappa shape index (κ2) is 5.87. The lowest BCUT2D eigenvalue weighted by Crippen LogP contribution is -2.54. The summed E-state index contributed by atoms with van der Waals surface area (Å²) in [6.07, 6.45) is 1.14. The fourth-order valence-electron chi connectivity index (χ4n) is 2.10. The van der Waals surface area contributed by atoms with Crippen molar-refractivity contribution in [3.05, 3.63) is 0 Å². The SMILES string of the molecule is CC1(O)CCCN(C(=O)N(CC(=O)O)CC(=O)O)C1. The molecule has 8 heteroatoms. The van der Waals surface area contributed by atoms with E-state index in [1.54, 1.807) is 6.92 Å². The van der Waals surface area contributed by atoms with E-state index in [-0.39, 0.29) is 6.54 Å². The Morgan fingerprint density at radius 2 is 1.74 bits per heavy atom. The highest BCUT2D eigenvalue weighted by molar-refractivity contribution is 5.84. The second-order valence-electron chi connectivity index (χ2n) is 4.95. The number of β-amino-alcohol motifs (C(OH)–C–C–N with tert-alkyl or cyclic N) is 1. The number of rotatable bonds is 4. The molecule has 1 saturated heterocycles. The smallest absolute Gasteiger partial charge is 0.323 e. The summed E-state index contributed by atoms with van der Waals surface area (Å²) in [6, 6.07) is -0.676. The monoisotopic (exact) mass is 274 g/mol. The van der Waals surface area contributed by atoms with Crippen LogP contribution in [0.1, 0.15) is 19.8 Å². The molecule has 0 spiro atoms. The van der Waals surface area contributed by atoms with Crippen LogP contribution in [-0.4, -0.2) is 74.9 Å². The van der Waals surface area contributed by atoms with E-state index in [1.165, 1.54) is 4.90 Å². The molecule has 3 N–H and O–H groups in total. The molecule has 2 amide bonds. The molecule has 0 aromatic rings. The number of carboxylic acids is 2. The van der Waals surface area contributed by atoms with Gasteiger partial charge >= 0.3 is 18.0 Å². The molecule has 19 heavy (non-hydrogen) atoms. The molecule has 1 aliphatic rings. The van der Waals surface area contributed by atoms with Crippen LogP contribution in [0.2, 0.25) is 0 Å². The topological polar surface area (TPSA) is 118 Å². The van der Waals surface area contributed by atoms with Crippen molar-refractivity contribution < 1.29 is 29.7 Å². The first-order valence-corrected chi connectivity index (χ1v) is 5.91. The summed E-state index contributed by atoms with van der Waals surface area (Å²) in [5.41, 5.74) is -1.02. The molecule has 0 aromatic carbocycles. The number of urea groups is 1. The Kier molecular flexibility index (Phi) is 4.71. The fourth-order valence-corrected chi connectivity index (χ4v) is 2.10. The maximum atomic E-state index is 12.1. The van der Waals surface area contributed by atoms with Crippen LogP contribution in [-0.2, 0) is 9.59 Å². The van der Waals surface area contributed by atoms with E-state index in [1.807, 2.05) is 0 Å². The van der Waals surface area contributed by atoms with Gasteiger partial charge in [-0.15, -0.1) is 0 Å². The third-order valence-corrected chi connectivity index (χ3v) is 2.87. The Morgan fingerprint density at radius 1 is 1.21 bits per heavy atom. The number of carboxylic acid groups (broad SMARTS) is 2. The zero-order valence-electron chi connectivity index (χ0n) is 10.7. The minimum absolute atomic E-state index is 0.0710. The molecular formula is C11H18N2O6. The van der Waals surface area contributed by atoms with Gasteiger partial charge in [0.15, 0.2) is 0 Å². The number of likely N-dealkylation sites (tertiary alicyclic amines) is 1. The molecular weight excluding hydrogens is 256 g/mol. The molecule has 0 aromatic heterocycles. The highest BCUT2D eigenvalue weighted by Gasteiger charge is 2.33. The van der Waals surface area contributed by atoms with E-state index in [0.29, 0.717) is 19.4 Å². The van der Waals surface area contributed by atoms with Crippen molar-refractivity contribution in [3.8, 4) is 0 Å². The average Bonchev–Trinajstić information content (AvgIpc) is 2.24. The number of hydrogen-bond donors (Lipinski definition) is 3. The molecule has 8 nitrogen and oxygen atoms in total. The van der Waals surface area contributed by atoms with Gasteiger partial charge in [0.05, 0.1) is 12.1 Å². The number of carbonyl (C=O) groups excluding carboxylic acids is 1. The van der Waals surface area contributed by atoms with Crippen LogP contribution in [0, 0.1) is 0 Å². The van der Waals surface area contributed by atoms with Crippen molar-refractivity contribution >= 4 is 18.0 Å². The van der Waals surface area contributed by atoms with Gasteiger partial charge in [-0.2, -0.15) is 0 Å². The van der Waals surface area contributed by atoms with E-state index in [4.69, 9.17) is 10.2 Å². The number of aliphatic hydroxyl groups is 1. The molecule has 1 fully saturated rings. The van der Waals surface area contributed by atoms with E-state index in [9.17, 15) is 19.5 Å². The third kappa shape index (κ3) is 4.74. The van der Waals surface area contributed by atoms with Gasteiger partial charge in [-0.1, -0.05) is 0 Å². The molecule has 1 atom stereocenters. The molecule has 0 saturated carbocycles. The lowest BCUT2D eigenvalue weighted by Gasteiger charge is -2.38. The predicted molar refractivity (Wildman–Crippen MR) is 63.7 cm³/mol. The Labute approximate surface area is 110 Å². The van der Waals surface area contributed by atoms with Gasteiger partial charge in [-0.3, -0.25) is 9.59 Å². The largest absolute Gasteiger partial charge is 0.480 e. The fraction of sp³-hybridized carbons (Fsp3) is 0.727. The average molecular weight is 274 g/mol. The van der Waals surface area contributed by atoms with Crippen LogP contribution in [0.3, 0.4) is 0 Å². The quantitative estimate of drug-likeness (QED) is 0.631. The number of piperidine rings is 1. The van der Waals surface area contributed by atoms with Crippen molar-refractivity contribution in [2.24, 2.45) is 0 Å². The van der Waals surface area contributed by atoms with E-state index in [0.717, 1.165) is 4.90 Å². The molecule has 1 unspecified atom stereocenters. The predicted octanol–water partition coefficient (Wildman–Crippen LogP) is -0.576. The van der Waals surface area contributed by atoms with Crippen LogP contribution in [0.15, 0.2) is 0 Å². The molecule has 108 valence electrons. The van der Waals surface area contributed by atoms with E-state index >= 15 is 0 Å². The summed E-state index contributed by atoms with van der Waals surface area (Å²) in [5.74, 6) is -2.56. The maximum absolute atomic E-state index is 12.1. The van der Waals surface area contributed by atoms with Gasteiger partial charge in [0.25, 0.3) is 0 Å². The third-order valence-electron chi connectivity index (χ3n) is 2.87. The normalized spacial score (nSPS) is 22.9. The zero-order valence-corrected chi connectivity index (χ0v) is 10.7. The van der Waals surface area contributed by atoms with Crippen molar-refractivity contribution in [3.63, 3.8) is 0 Å². The summed E-state index contributed by atoms with van der Waals surface area (Å²) in [5, 5.41) is 27.3. The summed E-state index contributed by atoms with van der Waals surface area (Å²) in [7, 11) is 0. The lowest BCUT2D eigenvalue weighted by molar-refractivity contribution is -0.140. The first-order valence-electron chi connectivity index (χ1n) is 5.91. The van der Waals surface area contributed by atoms with Crippen LogP contribution >= 0.6 is 0 Å². The van der Waals surface area contributed by atoms with Gasteiger partial charge < -0.3 is 25.1 Å². The molecule has 0 radical (unpaired) electrons. The van der Waals surface area contributed by atoms with Crippen LogP contribution in [0.5, 0.6) is 0 Å². The van der Waals surface area contributed by atoms with E-state index in [2.05, 4.69) is 0 Å². The summed E-state index contributed by atoms with van der Waals surface area (Å²) < 4.78 is 0. The van der Waals surface area contributed by atoms with Crippen molar-refractivity contribution in [1.29, 1.82) is 0 Å². The number of carbonyl (C=O) groups is 3. The maximum Gasteiger partial charge on any atom is 0.323 e. The van der Waals surface area contributed by atoms with Gasteiger partial charge in [-0.25, -0.2) is 4.79 Å². The summed E-state index contributed by atoms with van der Waals surface area (Å²) in [4.78, 5) is 35.4. The Hall–Kier alpha value is -1.83. The van der Waals surface area contributed by atoms with Gasteiger partial charge in [0, 0.05) is 6.54 Å². The highest BCUT2D eigenvalue weighted by atomic mass is 16.4. The minimum Gasteiger partial charge on any atom is -0.480 e. The zero-order chi connectivity index (χ0) is 14.6. The number of nitrogens with zero attached hydrogens (tertiary/aromatic N) is 2. The van der Waals surface area contributed by atoms with Gasteiger partial charge in [0.2, 0.25) is 0 Å². The van der Waals surface area contributed by atoms with Crippen molar-refractivity contribution in [1.82, 2.24) is 9.80 Å². The molecule has 0 bridgehead atoms. The second-order valence-corrected chi connectivity index (χ2v) is 4.95. The number of aliphatic carboxylic acids is 2. The Bertz CT molecular complexity index is 365. The first kappa shape index (κ1) is 15.2. The number of hydrogen-bond acceptors (Lipinski definition) is 4. The van der Waals surface area contributed by atoms with E-state index < -0.39 is 36.7 Å². The first-order chi connectivity index (χ1) is 8.71. The van der Waals surface area contributed by atoms with Crippen molar-refractivity contribution in [2.75, 3.05) is 26.2 Å². The van der Waals surface area contributed by atoms with Crippen LogP contribution < -0.4 is 0 Å². The number of amides is 2. The van der Waals surface area contributed by atoms with Gasteiger partial charge in [0.1, 0.15) is 13.1 Å². The molecule has 1 rings (SSSR count). The molecule has 1 aliphatic heterocycles. The van der Waals surface area contributed by atoms with Crippen LogP contribution in [0.4, 0.5) is 4.79 Å². The van der Waals surface area contributed by atoms with Crippen LogP contribution in [0.25, 0.3) is 0 Å². The van der Waals surface area contributed by atoms with Crippen molar-refractivity contribution in [2.45, 2.75) is 25.4 Å². The standard InChI is InChI=1S/C11H18N2O6/c1-11(19)3-2-4-12(7-11)10(18)13(5-8(14)15)6-9(16)17/h19H,2-7H2,1H3,(H,14,15)(H,16,17). The lowest BCUT2D eigenvalue weighted by atomic mass is 9.95.